The van der Waals surface area contributed by atoms with Crippen LogP contribution in [0.4, 0.5) is 0 Å². The van der Waals surface area contributed by atoms with E-state index in [0.717, 1.165) is 40.7 Å². The Morgan fingerprint density at radius 3 is 2.33 bits per heavy atom. The van der Waals surface area contributed by atoms with Crippen LogP contribution in [-0.2, 0) is 0 Å². The van der Waals surface area contributed by atoms with Crippen molar-refractivity contribution in [3.63, 3.8) is 0 Å². The Morgan fingerprint density at radius 2 is 1.86 bits per heavy atom. The summed E-state index contributed by atoms with van der Waals surface area (Å²) in [4.78, 5) is 14.9. The summed E-state index contributed by atoms with van der Waals surface area (Å²) in [6, 6.07) is 5.58. The van der Waals surface area contributed by atoms with Gasteiger partial charge in [-0.3, -0.25) is 9.69 Å². The van der Waals surface area contributed by atoms with Crippen molar-refractivity contribution >= 4 is 21.7 Å². The second kappa shape index (κ2) is 6.49. The molecule has 0 N–H and O–H groups in total. The quantitative estimate of drug-likeness (QED) is 0.667. The van der Waals surface area contributed by atoms with Gasteiger partial charge in [0.1, 0.15) is 5.75 Å². The number of carbonyl (C=O) groups is 1. The van der Waals surface area contributed by atoms with Crippen LogP contribution in [0, 0.1) is 11.8 Å². The van der Waals surface area contributed by atoms with E-state index in [0.29, 0.717) is 6.54 Å². The van der Waals surface area contributed by atoms with Crippen molar-refractivity contribution in [3.05, 3.63) is 28.2 Å². The summed E-state index contributed by atoms with van der Waals surface area (Å²) in [6.45, 7) is 2.74. The fourth-order valence-electron chi connectivity index (χ4n) is 2.67. The van der Waals surface area contributed by atoms with Gasteiger partial charge in [0.25, 0.3) is 0 Å². The number of benzene rings is 1. The van der Waals surface area contributed by atoms with Gasteiger partial charge >= 0.3 is 0 Å². The minimum atomic E-state index is 0.208. The Morgan fingerprint density at radius 1 is 1.24 bits per heavy atom. The molecule has 0 aliphatic heterocycles. The topological polar surface area (TPSA) is 29.5 Å². The van der Waals surface area contributed by atoms with Gasteiger partial charge < -0.3 is 4.74 Å². The maximum atomic E-state index is 12.5. The van der Waals surface area contributed by atoms with Crippen molar-refractivity contribution in [1.82, 2.24) is 4.90 Å². The molecular formula is C17H22BrNO2. The Labute approximate surface area is 134 Å². The normalized spacial score (nSPS) is 18.0. The Hall–Kier alpha value is -0.870. The van der Waals surface area contributed by atoms with E-state index in [1.807, 2.05) is 18.2 Å². The molecule has 0 atom stereocenters. The lowest BCUT2D eigenvalue weighted by Crippen LogP contribution is -2.33. The van der Waals surface area contributed by atoms with Gasteiger partial charge in [0.05, 0.1) is 18.1 Å². The zero-order valence-electron chi connectivity index (χ0n) is 12.5. The largest absolute Gasteiger partial charge is 0.496 e. The zero-order chi connectivity index (χ0) is 14.8. The van der Waals surface area contributed by atoms with Crippen molar-refractivity contribution in [2.75, 3.05) is 26.7 Å². The molecule has 3 nitrogen and oxygen atoms in total. The predicted molar refractivity (Wildman–Crippen MR) is 86.9 cm³/mol. The number of ether oxygens (including phenoxy) is 1. The van der Waals surface area contributed by atoms with Crippen LogP contribution >= 0.6 is 15.9 Å². The highest BCUT2D eigenvalue weighted by Crippen LogP contribution is 2.34. The molecule has 1 aromatic carbocycles. The Bertz CT molecular complexity index is 510. The van der Waals surface area contributed by atoms with E-state index in [9.17, 15) is 4.79 Å². The lowest BCUT2D eigenvalue weighted by atomic mass is 10.1. The minimum absolute atomic E-state index is 0.208. The second-order valence-corrected chi connectivity index (χ2v) is 7.21. The van der Waals surface area contributed by atoms with E-state index in [2.05, 4.69) is 20.8 Å². The summed E-state index contributed by atoms with van der Waals surface area (Å²) >= 11 is 3.45. The maximum Gasteiger partial charge on any atom is 0.176 e. The number of ketones is 1. The van der Waals surface area contributed by atoms with E-state index in [1.165, 1.54) is 25.7 Å². The second-order valence-electron chi connectivity index (χ2n) is 6.35. The van der Waals surface area contributed by atoms with Crippen molar-refractivity contribution < 1.29 is 9.53 Å². The smallest absolute Gasteiger partial charge is 0.176 e. The molecule has 0 saturated heterocycles. The van der Waals surface area contributed by atoms with E-state index in [1.54, 1.807) is 7.11 Å². The van der Waals surface area contributed by atoms with Gasteiger partial charge in [0, 0.05) is 18.7 Å². The summed E-state index contributed by atoms with van der Waals surface area (Å²) in [7, 11) is 1.63. The molecule has 2 fully saturated rings. The lowest BCUT2D eigenvalue weighted by molar-refractivity contribution is 0.0923. The van der Waals surface area contributed by atoms with Crippen LogP contribution in [0.5, 0.6) is 5.75 Å². The fraction of sp³-hybridized carbons (Fsp3) is 0.588. The lowest BCUT2D eigenvalue weighted by Gasteiger charge is -2.21. The number of rotatable bonds is 8. The molecule has 4 heteroatoms. The summed E-state index contributed by atoms with van der Waals surface area (Å²) < 4.78 is 6.05. The van der Waals surface area contributed by atoms with Gasteiger partial charge in [0.2, 0.25) is 0 Å². The minimum Gasteiger partial charge on any atom is -0.496 e. The van der Waals surface area contributed by atoms with Crippen molar-refractivity contribution in [2.24, 2.45) is 11.8 Å². The Kier molecular flexibility index (Phi) is 4.65. The Balaban J connectivity index is 1.63. The summed E-state index contributed by atoms with van der Waals surface area (Å²) in [5.74, 6) is 2.64. The summed E-state index contributed by atoms with van der Waals surface area (Å²) in [6.07, 6.45) is 5.35. The SMILES string of the molecule is COc1ccc(C(=O)CN(CC2CC2)CC2CC2)cc1Br. The number of hydrogen-bond donors (Lipinski definition) is 0. The molecule has 0 heterocycles. The predicted octanol–water partition coefficient (Wildman–Crippen LogP) is 3.76. The molecule has 0 radical (unpaired) electrons. The summed E-state index contributed by atoms with van der Waals surface area (Å²) in [5, 5.41) is 0. The van der Waals surface area contributed by atoms with E-state index < -0.39 is 0 Å². The molecule has 3 rings (SSSR count). The number of methoxy groups -OCH3 is 1. The van der Waals surface area contributed by atoms with Crippen LogP contribution in [0.25, 0.3) is 0 Å². The third-order valence-electron chi connectivity index (χ3n) is 4.27. The molecule has 2 aliphatic rings. The molecule has 0 aromatic heterocycles. The average Bonchev–Trinajstić information content (AvgIpc) is 3.35. The van der Waals surface area contributed by atoms with Crippen molar-refractivity contribution in [1.29, 1.82) is 0 Å². The molecule has 0 bridgehead atoms. The van der Waals surface area contributed by atoms with Crippen molar-refractivity contribution in [2.45, 2.75) is 25.7 Å². The summed E-state index contributed by atoms with van der Waals surface area (Å²) in [5.41, 5.74) is 0.763. The van der Waals surface area contributed by atoms with E-state index in [-0.39, 0.29) is 5.78 Å². The molecule has 2 saturated carbocycles. The molecule has 114 valence electrons. The molecular weight excluding hydrogens is 330 g/mol. The first-order valence-corrected chi connectivity index (χ1v) is 8.54. The van der Waals surface area contributed by atoms with Gasteiger partial charge in [-0.15, -0.1) is 0 Å². The average molecular weight is 352 g/mol. The van der Waals surface area contributed by atoms with Gasteiger partial charge in [-0.05, 0) is 71.6 Å². The number of Topliss-reactive ketones (excluding diaryl/α,β-unsaturated/α-hetero) is 1. The molecule has 21 heavy (non-hydrogen) atoms. The van der Waals surface area contributed by atoms with Crippen LogP contribution in [0.3, 0.4) is 0 Å². The first kappa shape index (κ1) is 15.0. The van der Waals surface area contributed by atoms with Gasteiger partial charge in [-0.1, -0.05) is 0 Å². The number of halogens is 1. The van der Waals surface area contributed by atoms with Crippen LogP contribution in [0.1, 0.15) is 36.0 Å². The molecule has 1 aromatic rings. The zero-order valence-corrected chi connectivity index (χ0v) is 14.1. The van der Waals surface area contributed by atoms with E-state index in [4.69, 9.17) is 4.74 Å². The van der Waals surface area contributed by atoms with Gasteiger partial charge in [0.15, 0.2) is 5.78 Å². The van der Waals surface area contributed by atoms with Crippen LogP contribution in [-0.4, -0.2) is 37.4 Å². The molecule has 0 spiro atoms. The number of hydrogen-bond acceptors (Lipinski definition) is 3. The van der Waals surface area contributed by atoms with Crippen LogP contribution in [0.2, 0.25) is 0 Å². The first-order chi connectivity index (χ1) is 10.2. The van der Waals surface area contributed by atoms with Crippen molar-refractivity contribution in [3.8, 4) is 5.75 Å². The third kappa shape index (κ3) is 4.30. The first-order valence-electron chi connectivity index (χ1n) is 7.75. The maximum absolute atomic E-state index is 12.5. The van der Waals surface area contributed by atoms with Crippen LogP contribution < -0.4 is 4.74 Å². The fourth-order valence-corrected chi connectivity index (χ4v) is 3.21. The van der Waals surface area contributed by atoms with E-state index >= 15 is 0 Å². The highest BCUT2D eigenvalue weighted by molar-refractivity contribution is 9.10. The molecule has 2 aliphatic carbocycles. The molecule has 0 amide bonds. The molecule has 0 unspecified atom stereocenters. The highest BCUT2D eigenvalue weighted by atomic mass is 79.9. The number of carbonyl (C=O) groups excluding carboxylic acids is 1. The highest BCUT2D eigenvalue weighted by Gasteiger charge is 2.30. The van der Waals surface area contributed by atoms with Gasteiger partial charge in [-0.25, -0.2) is 0 Å². The third-order valence-corrected chi connectivity index (χ3v) is 4.89. The number of nitrogens with zero attached hydrogens (tertiary/aromatic N) is 1. The standard InChI is InChI=1S/C17H22BrNO2/c1-21-17-7-6-14(8-15(17)18)16(20)11-19(9-12-2-3-12)10-13-4-5-13/h6-8,12-13H,2-5,9-11H2,1H3. The van der Waals surface area contributed by atoms with Gasteiger partial charge in [-0.2, -0.15) is 0 Å². The monoisotopic (exact) mass is 351 g/mol. The van der Waals surface area contributed by atoms with Crippen LogP contribution in [0.15, 0.2) is 22.7 Å².